The van der Waals surface area contributed by atoms with Crippen LogP contribution in [0.25, 0.3) is 0 Å². The molecule has 106 valence electrons. The molecular formula is C16H25NOS. The van der Waals surface area contributed by atoms with E-state index in [4.69, 9.17) is 0 Å². The maximum Gasteiger partial charge on any atom is 0.0741 e. The Kier molecular flexibility index (Phi) is 5.31. The predicted molar refractivity (Wildman–Crippen MR) is 82.7 cm³/mol. The van der Waals surface area contributed by atoms with Crippen molar-refractivity contribution in [3.05, 3.63) is 29.8 Å². The van der Waals surface area contributed by atoms with E-state index >= 15 is 0 Å². The van der Waals surface area contributed by atoms with Crippen LogP contribution in [0.3, 0.4) is 0 Å². The molecule has 0 saturated heterocycles. The molecule has 0 bridgehead atoms. The molecule has 1 aromatic rings. The SMILES string of the molecule is CNC(C)c1cccc(SCC2(O)CCCCC2)c1. The molecule has 0 amide bonds. The van der Waals surface area contributed by atoms with Crippen LogP contribution in [-0.2, 0) is 0 Å². The van der Waals surface area contributed by atoms with Crippen molar-refractivity contribution in [2.45, 2.75) is 55.6 Å². The zero-order valence-corrected chi connectivity index (χ0v) is 12.8. The number of nitrogens with one attached hydrogen (secondary N) is 1. The average Bonchev–Trinajstić information content (AvgIpc) is 2.45. The van der Waals surface area contributed by atoms with Crippen LogP contribution in [0.4, 0.5) is 0 Å². The van der Waals surface area contributed by atoms with Crippen molar-refractivity contribution < 1.29 is 5.11 Å². The van der Waals surface area contributed by atoms with Gasteiger partial charge in [-0.1, -0.05) is 31.4 Å². The monoisotopic (exact) mass is 279 g/mol. The van der Waals surface area contributed by atoms with Gasteiger partial charge in [-0.2, -0.15) is 0 Å². The van der Waals surface area contributed by atoms with Crippen LogP contribution in [0.5, 0.6) is 0 Å². The summed E-state index contributed by atoms with van der Waals surface area (Å²) in [4.78, 5) is 1.26. The summed E-state index contributed by atoms with van der Waals surface area (Å²) in [5.41, 5.74) is 0.871. The Bertz CT molecular complexity index is 401. The summed E-state index contributed by atoms with van der Waals surface area (Å²) in [6, 6.07) is 9.01. The third kappa shape index (κ3) is 4.23. The summed E-state index contributed by atoms with van der Waals surface area (Å²) in [6.45, 7) is 2.17. The van der Waals surface area contributed by atoms with E-state index in [-0.39, 0.29) is 0 Å². The fourth-order valence-corrected chi connectivity index (χ4v) is 3.73. The Hall–Kier alpha value is -0.510. The molecule has 2 N–H and O–H groups in total. The molecule has 1 atom stereocenters. The second kappa shape index (κ2) is 6.78. The minimum Gasteiger partial charge on any atom is -0.389 e. The topological polar surface area (TPSA) is 32.3 Å². The minimum absolute atomic E-state index is 0.373. The molecule has 0 aliphatic heterocycles. The van der Waals surface area contributed by atoms with Gasteiger partial charge in [0.05, 0.1) is 5.60 Å². The van der Waals surface area contributed by atoms with Crippen molar-refractivity contribution >= 4 is 11.8 Å². The van der Waals surface area contributed by atoms with E-state index in [0.29, 0.717) is 6.04 Å². The van der Waals surface area contributed by atoms with Gasteiger partial charge in [0.25, 0.3) is 0 Å². The summed E-state index contributed by atoms with van der Waals surface area (Å²) in [7, 11) is 1.98. The van der Waals surface area contributed by atoms with E-state index in [0.717, 1.165) is 18.6 Å². The highest BCUT2D eigenvalue weighted by molar-refractivity contribution is 7.99. The summed E-state index contributed by atoms with van der Waals surface area (Å²) in [6.07, 6.45) is 5.56. The summed E-state index contributed by atoms with van der Waals surface area (Å²) < 4.78 is 0. The lowest BCUT2D eigenvalue weighted by Crippen LogP contribution is -2.33. The van der Waals surface area contributed by atoms with Crippen LogP contribution in [-0.4, -0.2) is 23.5 Å². The largest absolute Gasteiger partial charge is 0.389 e. The summed E-state index contributed by atoms with van der Waals surface area (Å²) in [5, 5.41) is 13.8. The first-order chi connectivity index (χ1) is 9.13. The highest BCUT2D eigenvalue weighted by Crippen LogP contribution is 2.34. The van der Waals surface area contributed by atoms with Crippen LogP contribution in [0.2, 0.25) is 0 Å². The maximum atomic E-state index is 10.5. The number of aliphatic hydroxyl groups is 1. The van der Waals surface area contributed by atoms with Crippen LogP contribution in [0, 0.1) is 0 Å². The van der Waals surface area contributed by atoms with Crippen molar-refractivity contribution in [1.29, 1.82) is 0 Å². The van der Waals surface area contributed by atoms with E-state index in [9.17, 15) is 5.11 Å². The summed E-state index contributed by atoms with van der Waals surface area (Å²) in [5.74, 6) is 0.824. The van der Waals surface area contributed by atoms with Crippen molar-refractivity contribution in [2.75, 3.05) is 12.8 Å². The minimum atomic E-state index is -0.437. The van der Waals surface area contributed by atoms with Crippen LogP contribution in [0.1, 0.15) is 50.6 Å². The molecule has 0 heterocycles. The van der Waals surface area contributed by atoms with Gasteiger partial charge in [-0.25, -0.2) is 0 Å². The first kappa shape index (κ1) is 14.9. The van der Waals surface area contributed by atoms with Crippen LogP contribution in [0.15, 0.2) is 29.2 Å². The van der Waals surface area contributed by atoms with Gasteiger partial charge in [-0.3, -0.25) is 0 Å². The molecule has 2 rings (SSSR count). The normalized spacial score (nSPS) is 20.2. The molecule has 0 radical (unpaired) electrons. The summed E-state index contributed by atoms with van der Waals surface area (Å²) >= 11 is 1.79. The van der Waals surface area contributed by atoms with Gasteiger partial charge in [-0.05, 0) is 44.5 Å². The smallest absolute Gasteiger partial charge is 0.0741 e. The fourth-order valence-electron chi connectivity index (χ4n) is 2.61. The van der Waals surface area contributed by atoms with Gasteiger partial charge in [-0.15, -0.1) is 11.8 Å². The zero-order chi connectivity index (χ0) is 13.7. The average molecular weight is 279 g/mol. The Balaban J connectivity index is 1.95. The Morgan fingerprint density at radius 1 is 1.32 bits per heavy atom. The fraction of sp³-hybridized carbons (Fsp3) is 0.625. The molecule has 1 aliphatic carbocycles. The standard InChI is InChI=1S/C16H25NOS/c1-13(17-2)14-7-6-8-15(11-14)19-12-16(18)9-4-3-5-10-16/h6-8,11,13,17-18H,3-5,9-10,12H2,1-2H3. The molecule has 1 fully saturated rings. The van der Waals surface area contributed by atoms with Gasteiger partial charge >= 0.3 is 0 Å². The highest BCUT2D eigenvalue weighted by atomic mass is 32.2. The molecule has 1 aromatic carbocycles. The van der Waals surface area contributed by atoms with Crippen molar-refractivity contribution in [3.8, 4) is 0 Å². The molecule has 19 heavy (non-hydrogen) atoms. The van der Waals surface area contributed by atoms with E-state index < -0.39 is 5.60 Å². The second-order valence-electron chi connectivity index (χ2n) is 5.66. The number of hydrogen-bond acceptors (Lipinski definition) is 3. The van der Waals surface area contributed by atoms with Crippen molar-refractivity contribution in [1.82, 2.24) is 5.32 Å². The Morgan fingerprint density at radius 2 is 2.05 bits per heavy atom. The van der Waals surface area contributed by atoms with Gasteiger partial charge in [0.15, 0.2) is 0 Å². The molecule has 1 aliphatic rings. The molecule has 2 nitrogen and oxygen atoms in total. The predicted octanol–water partition coefficient (Wildman–Crippen LogP) is 3.75. The first-order valence-electron chi connectivity index (χ1n) is 7.25. The van der Waals surface area contributed by atoms with Gasteiger partial charge in [0, 0.05) is 16.7 Å². The van der Waals surface area contributed by atoms with Crippen molar-refractivity contribution in [3.63, 3.8) is 0 Å². The van der Waals surface area contributed by atoms with E-state index in [1.165, 1.54) is 29.7 Å². The van der Waals surface area contributed by atoms with E-state index in [2.05, 4.69) is 36.5 Å². The third-order valence-electron chi connectivity index (χ3n) is 4.08. The molecule has 0 spiro atoms. The molecule has 1 saturated carbocycles. The van der Waals surface area contributed by atoms with Gasteiger partial charge in [0.1, 0.15) is 0 Å². The number of hydrogen-bond donors (Lipinski definition) is 2. The third-order valence-corrected chi connectivity index (χ3v) is 5.35. The quantitative estimate of drug-likeness (QED) is 0.805. The molecule has 0 aromatic heterocycles. The lowest BCUT2D eigenvalue weighted by atomic mass is 9.86. The lowest BCUT2D eigenvalue weighted by Gasteiger charge is -2.31. The van der Waals surface area contributed by atoms with Crippen LogP contribution >= 0.6 is 11.8 Å². The zero-order valence-electron chi connectivity index (χ0n) is 12.0. The first-order valence-corrected chi connectivity index (χ1v) is 8.24. The lowest BCUT2D eigenvalue weighted by molar-refractivity contribution is 0.0273. The maximum absolute atomic E-state index is 10.5. The molecular weight excluding hydrogens is 254 g/mol. The Morgan fingerprint density at radius 3 is 2.74 bits per heavy atom. The van der Waals surface area contributed by atoms with Gasteiger partial charge in [0.2, 0.25) is 0 Å². The van der Waals surface area contributed by atoms with Gasteiger partial charge < -0.3 is 10.4 Å². The second-order valence-corrected chi connectivity index (χ2v) is 6.71. The number of benzene rings is 1. The highest BCUT2D eigenvalue weighted by Gasteiger charge is 2.29. The van der Waals surface area contributed by atoms with Crippen molar-refractivity contribution in [2.24, 2.45) is 0 Å². The van der Waals surface area contributed by atoms with E-state index in [1.54, 1.807) is 11.8 Å². The van der Waals surface area contributed by atoms with E-state index in [1.807, 2.05) is 7.05 Å². The molecule has 3 heteroatoms. The number of thioether (sulfide) groups is 1. The number of rotatable bonds is 5. The van der Waals surface area contributed by atoms with Crippen LogP contribution < -0.4 is 5.32 Å². The Labute approximate surface area is 121 Å². The molecule has 1 unspecified atom stereocenters.